The van der Waals surface area contributed by atoms with Crippen molar-refractivity contribution < 1.29 is 14.1 Å². The van der Waals surface area contributed by atoms with Crippen molar-refractivity contribution in [3.63, 3.8) is 0 Å². The van der Waals surface area contributed by atoms with Crippen molar-refractivity contribution in [2.75, 3.05) is 0 Å². The van der Waals surface area contributed by atoms with Crippen LogP contribution in [-0.2, 0) is 26.3 Å². The van der Waals surface area contributed by atoms with Crippen LogP contribution in [0.25, 0.3) is 17.0 Å². The van der Waals surface area contributed by atoms with Crippen molar-refractivity contribution in [1.29, 1.82) is 0 Å². The minimum absolute atomic E-state index is 0.0225. The maximum atomic E-state index is 13.3. The molecular formula is C27H27N3O4. The molecule has 0 bridgehead atoms. The highest BCUT2D eigenvalue weighted by atomic mass is 16.5. The summed E-state index contributed by atoms with van der Waals surface area (Å²) in [5.41, 5.74) is 4.97. The fourth-order valence-electron chi connectivity index (χ4n) is 4.65. The third-order valence-electron chi connectivity index (χ3n) is 6.40. The molecule has 0 aliphatic heterocycles. The molecule has 1 aliphatic carbocycles. The number of hydrogen-bond donors (Lipinski definition) is 0. The molecule has 0 spiro atoms. The lowest BCUT2D eigenvalue weighted by Crippen LogP contribution is -2.22. The molecule has 0 atom stereocenters. The molecule has 0 amide bonds. The van der Waals surface area contributed by atoms with Gasteiger partial charge in [-0.3, -0.25) is 14.3 Å². The van der Waals surface area contributed by atoms with Crippen LogP contribution in [0.15, 0.2) is 57.8 Å². The first-order chi connectivity index (χ1) is 16.3. The Morgan fingerprint density at radius 1 is 1.15 bits per heavy atom. The van der Waals surface area contributed by atoms with E-state index < -0.39 is 0 Å². The monoisotopic (exact) mass is 457 g/mol. The molecule has 34 heavy (non-hydrogen) atoms. The largest absolute Gasteiger partial charge is 0.491 e. The molecule has 174 valence electrons. The van der Waals surface area contributed by atoms with E-state index in [0.717, 1.165) is 40.2 Å². The second kappa shape index (κ2) is 8.48. The van der Waals surface area contributed by atoms with Crippen LogP contribution in [0.3, 0.4) is 0 Å². The molecule has 2 aromatic carbocycles. The third-order valence-corrected chi connectivity index (χ3v) is 6.40. The number of fused-ring (bicyclic) bond motifs is 3. The lowest BCUT2D eigenvalue weighted by molar-refractivity contribution is 0.0983. The van der Waals surface area contributed by atoms with Crippen LogP contribution in [0.5, 0.6) is 5.75 Å². The summed E-state index contributed by atoms with van der Waals surface area (Å²) in [6, 6.07) is 15.3. The van der Waals surface area contributed by atoms with Crippen molar-refractivity contribution in [3.8, 4) is 22.8 Å². The molecule has 1 aliphatic rings. The molecule has 0 saturated heterocycles. The van der Waals surface area contributed by atoms with Crippen LogP contribution in [0.4, 0.5) is 0 Å². The van der Waals surface area contributed by atoms with Gasteiger partial charge in [0, 0.05) is 35.9 Å². The number of nitrogens with zero attached hydrogens (tertiary/aromatic N) is 3. The SMILES string of the molecule is Cc1c(CC(=O)c2noc3c2CCc2cc(OC(C)C)ccc2-3)c(=O)n(-c2ccccc2)n1C. The summed E-state index contributed by atoms with van der Waals surface area (Å²) < 4.78 is 14.8. The van der Waals surface area contributed by atoms with E-state index in [-0.39, 0.29) is 23.9 Å². The Balaban J connectivity index is 1.46. The highest BCUT2D eigenvalue weighted by Crippen LogP contribution is 2.37. The first kappa shape index (κ1) is 21.9. The van der Waals surface area contributed by atoms with Gasteiger partial charge in [-0.25, -0.2) is 4.68 Å². The molecule has 0 saturated carbocycles. The Hall–Kier alpha value is -3.87. The lowest BCUT2D eigenvalue weighted by atomic mass is 9.88. The zero-order valence-corrected chi connectivity index (χ0v) is 19.8. The van der Waals surface area contributed by atoms with Gasteiger partial charge in [0.15, 0.2) is 17.2 Å². The Kier molecular flexibility index (Phi) is 5.48. The topological polar surface area (TPSA) is 79.3 Å². The minimum Gasteiger partial charge on any atom is -0.491 e. The normalized spacial score (nSPS) is 12.5. The van der Waals surface area contributed by atoms with Crippen LogP contribution in [0.2, 0.25) is 0 Å². The molecule has 2 heterocycles. The number of ketones is 1. The van der Waals surface area contributed by atoms with Crippen molar-refractivity contribution in [1.82, 2.24) is 14.5 Å². The highest BCUT2D eigenvalue weighted by Gasteiger charge is 2.29. The van der Waals surface area contributed by atoms with Crippen molar-refractivity contribution in [2.24, 2.45) is 7.05 Å². The zero-order valence-electron chi connectivity index (χ0n) is 19.8. The zero-order chi connectivity index (χ0) is 24.0. The van der Waals surface area contributed by atoms with E-state index in [9.17, 15) is 9.59 Å². The highest BCUT2D eigenvalue weighted by molar-refractivity contribution is 5.98. The number of carbonyl (C=O) groups excluding carboxylic acids is 1. The van der Waals surface area contributed by atoms with Gasteiger partial charge in [-0.1, -0.05) is 23.4 Å². The van der Waals surface area contributed by atoms with Gasteiger partial charge in [0.05, 0.1) is 11.8 Å². The smallest absolute Gasteiger partial charge is 0.275 e. The summed E-state index contributed by atoms with van der Waals surface area (Å²) in [4.78, 5) is 26.5. The van der Waals surface area contributed by atoms with Gasteiger partial charge in [0.25, 0.3) is 5.56 Å². The van der Waals surface area contributed by atoms with Crippen LogP contribution in [-0.4, -0.2) is 26.4 Å². The molecule has 0 unspecified atom stereocenters. The van der Waals surface area contributed by atoms with Crippen molar-refractivity contribution in [2.45, 2.75) is 46.1 Å². The summed E-state index contributed by atoms with van der Waals surface area (Å²) in [5, 5.41) is 4.14. The molecule has 4 aromatic rings. The summed E-state index contributed by atoms with van der Waals surface area (Å²) in [6.07, 6.45) is 1.50. The number of aromatic nitrogens is 3. The van der Waals surface area contributed by atoms with E-state index in [4.69, 9.17) is 9.26 Å². The van der Waals surface area contributed by atoms with E-state index >= 15 is 0 Å². The number of benzene rings is 2. The summed E-state index contributed by atoms with van der Waals surface area (Å²) in [6.45, 7) is 5.85. The van der Waals surface area contributed by atoms with Gasteiger partial charge in [-0.15, -0.1) is 0 Å². The van der Waals surface area contributed by atoms with Gasteiger partial charge in [0.2, 0.25) is 0 Å². The van der Waals surface area contributed by atoms with E-state index in [1.807, 2.05) is 76.3 Å². The number of ether oxygens (including phenoxy) is 1. The summed E-state index contributed by atoms with van der Waals surface area (Å²) in [5.74, 6) is 1.24. The molecule has 7 heteroatoms. The second-order valence-electron chi connectivity index (χ2n) is 8.96. The van der Waals surface area contributed by atoms with Crippen molar-refractivity contribution >= 4 is 5.78 Å². The summed E-state index contributed by atoms with van der Waals surface area (Å²) in [7, 11) is 1.82. The van der Waals surface area contributed by atoms with Crippen LogP contribution >= 0.6 is 0 Å². The molecule has 7 nitrogen and oxygen atoms in total. The van der Waals surface area contributed by atoms with Gasteiger partial charge in [0.1, 0.15) is 5.75 Å². The van der Waals surface area contributed by atoms with E-state index in [1.165, 1.54) is 0 Å². The predicted octanol–water partition coefficient (Wildman–Crippen LogP) is 4.45. The standard InChI is InChI=1S/C27H27N3O4/c1-16(2)33-20-11-13-21-18(14-20)10-12-22-25(28-34-26(21)22)24(31)15-23-17(3)29(4)30(27(23)32)19-8-6-5-7-9-19/h5-9,11,13-14,16H,10,12,15H2,1-4H3. The number of para-hydroxylation sites is 1. The number of hydrogen-bond acceptors (Lipinski definition) is 5. The van der Waals surface area contributed by atoms with Gasteiger partial charge < -0.3 is 9.26 Å². The maximum Gasteiger partial charge on any atom is 0.275 e. The van der Waals surface area contributed by atoms with E-state index in [1.54, 1.807) is 9.36 Å². The second-order valence-corrected chi connectivity index (χ2v) is 8.96. The molecular weight excluding hydrogens is 430 g/mol. The maximum absolute atomic E-state index is 13.3. The first-order valence-electron chi connectivity index (χ1n) is 11.5. The average Bonchev–Trinajstić information content (AvgIpc) is 3.34. The van der Waals surface area contributed by atoms with Gasteiger partial charge >= 0.3 is 0 Å². The average molecular weight is 458 g/mol. The van der Waals surface area contributed by atoms with Crippen LogP contribution in [0, 0.1) is 6.92 Å². The molecule has 0 radical (unpaired) electrons. The quantitative estimate of drug-likeness (QED) is 0.400. The van der Waals surface area contributed by atoms with Crippen LogP contribution < -0.4 is 10.3 Å². The van der Waals surface area contributed by atoms with E-state index in [0.29, 0.717) is 23.4 Å². The van der Waals surface area contributed by atoms with Gasteiger partial charge in [-0.05, 0) is 69.5 Å². The molecule has 0 fully saturated rings. The Morgan fingerprint density at radius 3 is 2.65 bits per heavy atom. The minimum atomic E-state index is -0.209. The number of Topliss-reactive ketones (excluding diaryl/α,β-unsaturated/α-hetero) is 1. The summed E-state index contributed by atoms with van der Waals surface area (Å²) >= 11 is 0. The van der Waals surface area contributed by atoms with Crippen molar-refractivity contribution in [3.05, 3.63) is 87.0 Å². The predicted molar refractivity (Wildman–Crippen MR) is 129 cm³/mol. The Labute approximate surface area is 197 Å². The molecule has 0 N–H and O–H groups in total. The fraction of sp³-hybridized carbons (Fsp3) is 0.296. The first-order valence-corrected chi connectivity index (χ1v) is 11.5. The molecule has 2 aromatic heterocycles. The number of aryl methyl sites for hydroxylation is 1. The Bertz CT molecular complexity index is 1440. The van der Waals surface area contributed by atoms with E-state index in [2.05, 4.69) is 5.16 Å². The lowest BCUT2D eigenvalue weighted by Gasteiger charge is -2.17. The molecule has 5 rings (SSSR count). The number of rotatable bonds is 6. The number of carbonyl (C=O) groups is 1. The fourth-order valence-corrected chi connectivity index (χ4v) is 4.65. The third kappa shape index (κ3) is 3.67. The van der Waals surface area contributed by atoms with Gasteiger partial charge in [-0.2, -0.15) is 0 Å². The Morgan fingerprint density at radius 2 is 1.91 bits per heavy atom. The van der Waals surface area contributed by atoms with Crippen LogP contribution in [0.1, 0.15) is 46.7 Å².